The summed E-state index contributed by atoms with van der Waals surface area (Å²) in [5, 5.41) is 2.87. The summed E-state index contributed by atoms with van der Waals surface area (Å²) in [7, 11) is 4.63. The summed E-state index contributed by atoms with van der Waals surface area (Å²) in [6.45, 7) is 2.82. The molecule has 2 amide bonds. The molecule has 1 aliphatic heterocycles. The van der Waals surface area contributed by atoms with Crippen molar-refractivity contribution in [1.29, 1.82) is 0 Å². The van der Waals surface area contributed by atoms with Crippen molar-refractivity contribution in [1.82, 2.24) is 10.2 Å². The van der Waals surface area contributed by atoms with Crippen LogP contribution in [-0.2, 0) is 16.1 Å². The van der Waals surface area contributed by atoms with E-state index in [0.717, 1.165) is 5.56 Å². The molecule has 1 fully saturated rings. The maximum absolute atomic E-state index is 12.1. The number of benzene rings is 1. The molecular formula is C16H22N2O5. The molecule has 7 heteroatoms. The van der Waals surface area contributed by atoms with Gasteiger partial charge in [-0.05, 0) is 17.7 Å². The number of rotatable bonds is 6. The predicted molar refractivity (Wildman–Crippen MR) is 83.7 cm³/mol. The molecule has 2 rings (SSSR count). The Balaban J connectivity index is 1.98. The highest BCUT2D eigenvalue weighted by atomic mass is 16.5. The monoisotopic (exact) mass is 322 g/mol. The number of ether oxygens (including phenoxy) is 3. The first-order valence-corrected chi connectivity index (χ1v) is 7.32. The molecular weight excluding hydrogens is 300 g/mol. The maximum Gasteiger partial charge on any atom is 0.226 e. The van der Waals surface area contributed by atoms with Gasteiger partial charge in [0.05, 0.1) is 27.2 Å². The van der Waals surface area contributed by atoms with E-state index in [1.165, 1.54) is 6.92 Å². The fraction of sp³-hybridized carbons (Fsp3) is 0.500. The standard InChI is InChI=1S/C16H22N2O5/c1-10(19)18-8-12(9-18)16(20)17-7-11-5-13(21-2)15(23-4)14(6-11)22-3/h5-6,12H,7-9H2,1-4H3,(H,17,20). The van der Waals surface area contributed by atoms with Crippen LogP contribution in [0, 0.1) is 5.92 Å². The number of carbonyl (C=O) groups excluding carboxylic acids is 2. The molecule has 1 aliphatic rings. The van der Waals surface area contributed by atoms with Gasteiger partial charge < -0.3 is 24.4 Å². The molecule has 0 bridgehead atoms. The van der Waals surface area contributed by atoms with Gasteiger partial charge in [0, 0.05) is 26.6 Å². The van der Waals surface area contributed by atoms with Gasteiger partial charge in [-0.1, -0.05) is 0 Å². The number of nitrogens with one attached hydrogen (secondary N) is 1. The van der Waals surface area contributed by atoms with Crippen molar-refractivity contribution < 1.29 is 23.8 Å². The summed E-state index contributed by atoms with van der Waals surface area (Å²) in [6, 6.07) is 3.59. The molecule has 0 atom stereocenters. The van der Waals surface area contributed by atoms with Crippen LogP contribution in [0.1, 0.15) is 12.5 Å². The van der Waals surface area contributed by atoms with Crippen LogP contribution in [-0.4, -0.2) is 51.1 Å². The van der Waals surface area contributed by atoms with Crippen LogP contribution in [0.2, 0.25) is 0 Å². The average molecular weight is 322 g/mol. The zero-order chi connectivity index (χ0) is 17.0. The molecule has 1 saturated heterocycles. The van der Waals surface area contributed by atoms with Crippen molar-refractivity contribution in [3.05, 3.63) is 17.7 Å². The Hall–Kier alpha value is -2.44. The first-order valence-electron chi connectivity index (χ1n) is 7.32. The summed E-state index contributed by atoms with van der Waals surface area (Å²) in [4.78, 5) is 24.8. The SMILES string of the molecule is COc1cc(CNC(=O)C2CN(C(C)=O)C2)cc(OC)c1OC. The minimum absolute atomic E-state index is 0.00122. The Morgan fingerprint density at radius 1 is 1.13 bits per heavy atom. The van der Waals surface area contributed by atoms with E-state index < -0.39 is 0 Å². The van der Waals surface area contributed by atoms with Crippen LogP contribution in [0.3, 0.4) is 0 Å². The fourth-order valence-corrected chi connectivity index (χ4v) is 2.47. The normalized spacial score (nSPS) is 14.0. The van der Waals surface area contributed by atoms with Crippen molar-refractivity contribution >= 4 is 11.8 Å². The van der Waals surface area contributed by atoms with E-state index in [4.69, 9.17) is 14.2 Å². The quantitative estimate of drug-likeness (QED) is 0.838. The number of amides is 2. The third-order valence-electron chi connectivity index (χ3n) is 3.89. The van der Waals surface area contributed by atoms with Gasteiger partial charge in [-0.25, -0.2) is 0 Å². The van der Waals surface area contributed by atoms with Crippen LogP contribution in [0.4, 0.5) is 0 Å². The topological polar surface area (TPSA) is 77.1 Å². The first-order chi connectivity index (χ1) is 11.0. The van der Waals surface area contributed by atoms with Gasteiger partial charge in [-0.3, -0.25) is 9.59 Å². The second kappa shape index (κ2) is 7.21. The van der Waals surface area contributed by atoms with Gasteiger partial charge in [0.25, 0.3) is 0 Å². The Morgan fingerprint density at radius 3 is 2.13 bits per heavy atom. The zero-order valence-corrected chi connectivity index (χ0v) is 13.8. The molecule has 0 spiro atoms. The number of likely N-dealkylation sites (tertiary alicyclic amines) is 1. The lowest BCUT2D eigenvalue weighted by atomic mass is 9.99. The molecule has 1 heterocycles. The van der Waals surface area contributed by atoms with E-state index in [-0.39, 0.29) is 17.7 Å². The largest absolute Gasteiger partial charge is 0.493 e. The highest BCUT2D eigenvalue weighted by Crippen LogP contribution is 2.38. The van der Waals surface area contributed by atoms with Gasteiger partial charge in [-0.15, -0.1) is 0 Å². The van der Waals surface area contributed by atoms with Crippen LogP contribution in [0.5, 0.6) is 17.2 Å². The summed E-state index contributed by atoms with van der Waals surface area (Å²) in [5.74, 6) is 1.40. The zero-order valence-electron chi connectivity index (χ0n) is 13.8. The summed E-state index contributed by atoms with van der Waals surface area (Å²) < 4.78 is 15.8. The maximum atomic E-state index is 12.1. The van der Waals surface area contributed by atoms with Crippen LogP contribution >= 0.6 is 0 Å². The minimum Gasteiger partial charge on any atom is -0.493 e. The van der Waals surface area contributed by atoms with Crippen molar-refractivity contribution in [2.24, 2.45) is 5.92 Å². The molecule has 0 unspecified atom stereocenters. The average Bonchev–Trinajstić information content (AvgIpc) is 2.49. The Labute approximate surface area is 135 Å². The second-order valence-electron chi connectivity index (χ2n) is 5.37. The van der Waals surface area contributed by atoms with E-state index in [0.29, 0.717) is 36.9 Å². The number of carbonyl (C=O) groups is 2. The fourth-order valence-electron chi connectivity index (χ4n) is 2.47. The Morgan fingerprint density at radius 2 is 1.70 bits per heavy atom. The van der Waals surface area contributed by atoms with Crippen LogP contribution in [0.25, 0.3) is 0 Å². The van der Waals surface area contributed by atoms with Gasteiger partial charge in [-0.2, -0.15) is 0 Å². The Kier molecular flexibility index (Phi) is 5.31. The summed E-state index contributed by atoms with van der Waals surface area (Å²) >= 11 is 0. The molecule has 126 valence electrons. The molecule has 1 aromatic carbocycles. The van der Waals surface area contributed by atoms with E-state index in [1.54, 1.807) is 38.4 Å². The molecule has 0 aromatic heterocycles. The molecule has 0 aliphatic carbocycles. The smallest absolute Gasteiger partial charge is 0.226 e. The molecule has 1 N–H and O–H groups in total. The first kappa shape index (κ1) is 16.9. The number of methoxy groups -OCH3 is 3. The van der Waals surface area contributed by atoms with Crippen LogP contribution in [0.15, 0.2) is 12.1 Å². The van der Waals surface area contributed by atoms with Crippen molar-refractivity contribution in [3.8, 4) is 17.2 Å². The molecule has 7 nitrogen and oxygen atoms in total. The number of nitrogens with zero attached hydrogens (tertiary/aromatic N) is 1. The third-order valence-corrected chi connectivity index (χ3v) is 3.89. The highest BCUT2D eigenvalue weighted by molar-refractivity contribution is 5.83. The van der Waals surface area contributed by atoms with E-state index in [2.05, 4.69) is 5.32 Å². The molecule has 1 aromatic rings. The van der Waals surface area contributed by atoms with Crippen molar-refractivity contribution in [3.63, 3.8) is 0 Å². The molecule has 0 saturated carbocycles. The van der Waals surface area contributed by atoms with E-state index >= 15 is 0 Å². The highest BCUT2D eigenvalue weighted by Gasteiger charge is 2.33. The lowest BCUT2D eigenvalue weighted by Gasteiger charge is -2.37. The van der Waals surface area contributed by atoms with E-state index in [9.17, 15) is 9.59 Å². The van der Waals surface area contributed by atoms with Crippen LogP contribution < -0.4 is 19.5 Å². The lowest BCUT2D eigenvalue weighted by molar-refractivity contribution is -0.141. The van der Waals surface area contributed by atoms with Gasteiger partial charge in [0.1, 0.15) is 0 Å². The summed E-state index contributed by atoms with van der Waals surface area (Å²) in [5.41, 5.74) is 0.843. The second-order valence-corrected chi connectivity index (χ2v) is 5.37. The molecule has 0 radical (unpaired) electrons. The third kappa shape index (κ3) is 3.67. The van der Waals surface area contributed by atoms with Gasteiger partial charge in [0.2, 0.25) is 17.6 Å². The molecule has 23 heavy (non-hydrogen) atoms. The lowest BCUT2D eigenvalue weighted by Crippen LogP contribution is -2.55. The van der Waals surface area contributed by atoms with Gasteiger partial charge in [0.15, 0.2) is 11.5 Å². The predicted octanol–water partition coefficient (Wildman–Crippen LogP) is 0.807. The minimum atomic E-state index is -0.138. The number of hydrogen-bond donors (Lipinski definition) is 1. The van der Waals surface area contributed by atoms with Gasteiger partial charge >= 0.3 is 0 Å². The summed E-state index contributed by atoms with van der Waals surface area (Å²) in [6.07, 6.45) is 0. The van der Waals surface area contributed by atoms with Crippen molar-refractivity contribution in [2.45, 2.75) is 13.5 Å². The number of hydrogen-bond acceptors (Lipinski definition) is 5. The Bertz CT molecular complexity index is 571. The van der Waals surface area contributed by atoms with E-state index in [1.807, 2.05) is 0 Å². The van der Waals surface area contributed by atoms with Crippen molar-refractivity contribution in [2.75, 3.05) is 34.4 Å².